The minimum absolute atomic E-state index is 0.502. The monoisotopic (exact) mass is 291 g/mol. The number of aryl methyl sites for hydroxylation is 1. The molecule has 1 aromatic rings. The van der Waals surface area contributed by atoms with Gasteiger partial charge in [-0.2, -0.15) is 0 Å². The molecule has 0 spiro atoms. The Bertz CT molecular complexity index is 446. The average molecular weight is 291 g/mol. The van der Waals surface area contributed by atoms with Crippen molar-refractivity contribution in [1.29, 1.82) is 0 Å². The second-order valence-corrected chi connectivity index (χ2v) is 6.43. The van der Waals surface area contributed by atoms with Gasteiger partial charge in [-0.25, -0.2) is 4.98 Å². The minimum Gasteiger partial charge on any atom is -0.384 e. The van der Waals surface area contributed by atoms with Gasteiger partial charge in [0.2, 0.25) is 0 Å². The van der Waals surface area contributed by atoms with E-state index in [0.29, 0.717) is 12.0 Å². The molecule has 1 unspecified atom stereocenters. The molecule has 4 heteroatoms. The second-order valence-electron chi connectivity index (χ2n) is 6.43. The molecule has 1 aromatic heterocycles. The van der Waals surface area contributed by atoms with Gasteiger partial charge in [0.15, 0.2) is 0 Å². The number of ether oxygens (including phenoxy) is 1. The maximum atomic E-state index is 5.31. The lowest BCUT2D eigenvalue weighted by atomic mass is 9.98. The van der Waals surface area contributed by atoms with Gasteiger partial charge in [-0.15, -0.1) is 0 Å². The number of hydrogen-bond donors (Lipinski definition) is 1. The van der Waals surface area contributed by atoms with Crippen LogP contribution < -0.4 is 10.2 Å². The van der Waals surface area contributed by atoms with Crippen molar-refractivity contribution >= 4 is 5.82 Å². The number of piperidine rings is 1. The van der Waals surface area contributed by atoms with Crippen LogP contribution in [0.15, 0.2) is 12.3 Å². The third-order valence-corrected chi connectivity index (χ3v) is 4.04. The number of nitrogens with zero attached hydrogens (tertiary/aromatic N) is 2. The molecule has 21 heavy (non-hydrogen) atoms. The van der Waals surface area contributed by atoms with Crippen molar-refractivity contribution in [3.05, 3.63) is 23.4 Å². The van der Waals surface area contributed by atoms with E-state index < -0.39 is 0 Å². The van der Waals surface area contributed by atoms with Gasteiger partial charge in [-0.3, -0.25) is 0 Å². The van der Waals surface area contributed by atoms with E-state index in [-0.39, 0.29) is 0 Å². The number of nitrogens with one attached hydrogen (secondary N) is 1. The summed E-state index contributed by atoms with van der Waals surface area (Å²) in [7, 11) is 1.79. The summed E-state index contributed by atoms with van der Waals surface area (Å²) in [6, 6.07) is 2.76. The molecule has 2 rings (SSSR count). The lowest BCUT2D eigenvalue weighted by Gasteiger charge is -2.34. The van der Waals surface area contributed by atoms with Gasteiger partial charge in [-0.05, 0) is 42.9 Å². The highest BCUT2D eigenvalue weighted by molar-refractivity contribution is 5.47. The van der Waals surface area contributed by atoms with Crippen molar-refractivity contribution in [2.45, 2.75) is 46.2 Å². The predicted molar refractivity (Wildman–Crippen MR) is 87.8 cm³/mol. The van der Waals surface area contributed by atoms with E-state index in [1.165, 1.54) is 24.0 Å². The Balaban J connectivity index is 2.02. The topological polar surface area (TPSA) is 37.4 Å². The Hall–Kier alpha value is -1.13. The fraction of sp³-hybridized carbons (Fsp3) is 0.706. The fourth-order valence-corrected chi connectivity index (χ4v) is 3.00. The number of anilines is 1. The quantitative estimate of drug-likeness (QED) is 0.874. The van der Waals surface area contributed by atoms with E-state index in [1.54, 1.807) is 7.11 Å². The van der Waals surface area contributed by atoms with Gasteiger partial charge < -0.3 is 15.0 Å². The fourth-order valence-electron chi connectivity index (χ4n) is 3.00. The van der Waals surface area contributed by atoms with Crippen LogP contribution in [0.2, 0.25) is 0 Å². The third kappa shape index (κ3) is 4.68. The Morgan fingerprint density at radius 2 is 2.29 bits per heavy atom. The van der Waals surface area contributed by atoms with Gasteiger partial charge >= 0.3 is 0 Å². The molecule has 1 aliphatic rings. The largest absolute Gasteiger partial charge is 0.384 e. The zero-order valence-electron chi connectivity index (χ0n) is 13.9. The summed E-state index contributed by atoms with van der Waals surface area (Å²) in [5, 5.41) is 3.44. The second kappa shape index (κ2) is 7.76. The zero-order valence-corrected chi connectivity index (χ0v) is 13.9. The molecule has 0 saturated carbocycles. The van der Waals surface area contributed by atoms with Crippen LogP contribution in [0.3, 0.4) is 0 Å². The SMILES string of the molecule is COCC1CCCN(c2ncc(CNC(C)C)cc2C)C1. The van der Waals surface area contributed by atoms with Gasteiger partial charge in [0, 0.05) is 39.0 Å². The molecule has 118 valence electrons. The molecule has 2 heterocycles. The zero-order chi connectivity index (χ0) is 15.2. The van der Waals surface area contributed by atoms with Gasteiger partial charge in [0.05, 0.1) is 6.61 Å². The summed E-state index contributed by atoms with van der Waals surface area (Å²) < 4.78 is 5.31. The van der Waals surface area contributed by atoms with Gasteiger partial charge in [0.25, 0.3) is 0 Å². The summed E-state index contributed by atoms with van der Waals surface area (Å²) >= 11 is 0. The van der Waals surface area contributed by atoms with Crippen LogP contribution in [-0.2, 0) is 11.3 Å². The van der Waals surface area contributed by atoms with Gasteiger partial charge in [-0.1, -0.05) is 13.8 Å². The Morgan fingerprint density at radius 1 is 1.48 bits per heavy atom. The molecular weight excluding hydrogens is 262 g/mol. The summed E-state index contributed by atoms with van der Waals surface area (Å²) in [4.78, 5) is 7.14. The smallest absolute Gasteiger partial charge is 0.131 e. The van der Waals surface area contributed by atoms with Crippen LogP contribution in [-0.4, -0.2) is 37.8 Å². The lowest BCUT2D eigenvalue weighted by molar-refractivity contribution is 0.143. The maximum absolute atomic E-state index is 5.31. The van der Waals surface area contributed by atoms with Crippen molar-refractivity contribution in [2.24, 2.45) is 5.92 Å². The van der Waals surface area contributed by atoms with E-state index in [2.05, 4.69) is 37.1 Å². The van der Waals surface area contributed by atoms with Crippen LogP contribution >= 0.6 is 0 Å². The molecule has 0 amide bonds. The Morgan fingerprint density at radius 3 is 2.95 bits per heavy atom. The first-order chi connectivity index (χ1) is 10.1. The number of methoxy groups -OCH3 is 1. The van der Waals surface area contributed by atoms with E-state index in [9.17, 15) is 0 Å². The van der Waals surface area contributed by atoms with Crippen molar-refractivity contribution in [3.63, 3.8) is 0 Å². The normalized spacial score (nSPS) is 19.3. The van der Waals surface area contributed by atoms with E-state index in [1.807, 2.05) is 6.20 Å². The number of rotatable bonds is 6. The molecule has 1 atom stereocenters. The first kappa shape index (κ1) is 16.2. The third-order valence-electron chi connectivity index (χ3n) is 4.04. The van der Waals surface area contributed by atoms with Crippen molar-refractivity contribution in [1.82, 2.24) is 10.3 Å². The molecule has 1 fully saturated rings. The van der Waals surface area contributed by atoms with E-state index in [0.717, 1.165) is 32.1 Å². The summed E-state index contributed by atoms with van der Waals surface area (Å²) in [5.41, 5.74) is 2.53. The Kier molecular flexibility index (Phi) is 6.00. The van der Waals surface area contributed by atoms with E-state index >= 15 is 0 Å². The molecule has 1 N–H and O–H groups in total. The van der Waals surface area contributed by atoms with E-state index in [4.69, 9.17) is 9.72 Å². The van der Waals surface area contributed by atoms with Crippen molar-refractivity contribution in [3.8, 4) is 0 Å². The molecule has 0 bridgehead atoms. The van der Waals surface area contributed by atoms with Crippen molar-refractivity contribution in [2.75, 3.05) is 31.7 Å². The average Bonchev–Trinajstić information content (AvgIpc) is 2.46. The molecule has 1 aliphatic heterocycles. The predicted octanol–water partition coefficient (Wildman–Crippen LogP) is 2.75. The van der Waals surface area contributed by atoms with Crippen molar-refractivity contribution < 1.29 is 4.74 Å². The molecule has 0 aromatic carbocycles. The van der Waals surface area contributed by atoms with Crippen LogP contribution in [0.5, 0.6) is 0 Å². The highest BCUT2D eigenvalue weighted by Crippen LogP contribution is 2.24. The van der Waals surface area contributed by atoms with Crippen LogP contribution in [0.25, 0.3) is 0 Å². The number of pyridine rings is 1. The number of aromatic nitrogens is 1. The van der Waals surface area contributed by atoms with Crippen LogP contribution in [0.4, 0.5) is 5.82 Å². The summed E-state index contributed by atoms with van der Waals surface area (Å²) in [5.74, 6) is 1.77. The first-order valence-electron chi connectivity index (χ1n) is 8.03. The summed E-state index contributed by atoms with van der Waals surface area (Å²) in [6.45, 7) is 10.4. The highest BCUT2D eigenvalue weighted by Gasteiger charge is 2.21. The standard InChI is InChI=1S/C17H29N3O/c1-13(2)18-9-16-8-14(3)17(19-10-16)20-7-5-6-15(11-20)12-21-4/h8,10,13,15,18H,5-7,9,11-12H2,1-4H3. The Labute approximate surface area is 128 Å². The number of hydrogen-bond acceptors (Lipinski definition) is 4. The first-order valence-corrected chi connectivity index (χ1v) is 8.03. The molecule has 0 aliphatic carbocycles. The van der Waals surface area contributed by atoms with Crippen LogP contribution in [0.1, 0.15) is 37.8 Å². The molecule has 0 radical (unpaired) electrons. The minimum atomic E-state index is 0.502. The lowest BCUT2D eigenvalue weighted by Crippen LogP contribution is -2.38. The molecule has 4 nitrogen and oxygen atoms in total. The summed E-state index contributed by atoms with van der Waals surface area (Å²) in [6.07, 6.45) is 4.50. The van der Waals surface area contributed by atoms with Crippen LogP contribution in [0, 0.1) is 12.8 Å². The van der Waals surface area contributed by atoms with Gasteiger partial charge in [0.1, 0.15) is 5.82 Å². The molecular formula is C17H29N3O. The maximum Gasteiger partial charge on any atom is 0.131 e. The molecule has 1 saturated heterocycles. The highest BCUT2D eigenvalue weighted by atomic mass is 16.5.